The van der Waals surface area contributed by atoms with Gasteiger partial charge in [-0.2, -0.15) is 9.61 Å². The average molecular weight is 616 g/mol. The Morgan fingerprint density at radius 1 is 0.892 bits per heavy atom. The Bertz CT molecular complexity index is 1580. The van der Waals surface area contributed by atoms with Crippen LogP contribution >= 0.6 is 50.7 Å². The number of aromatic nitrogens is 3. The number of carbonyl (C=O) groups is 1. The standard InChI is InChI=1S/C27H19BrCl3N5O/c28-22-15-34-36-25(12-24(35-26(22)36)21-3-1-2-4-23(21)31)32-13-16-5-7-17(8-6-16)14-33-27(37)18-9-19(29)11-20(30)10-18/h1-12,15,32H,13-14H2,(H,33,37). The zero-order chi connectivity index (χ0) is 25.9. The van der Waals surface area contributed by atoms with Gasteiger partial charge in [0.1, 0.15) is 5.82 Å². The zero-order valence-electron chi connectivity index (χ0n) is 19.2. The van der Waals surface area contributed by atoms with Gasteiger partial charge in [-0.25, -0.2) is 4.98 Å². The van der Waals surface area contributed by atoms with E-state index in [1.165, 1.54) is 0 Å². The highest BCUT2D eigenvalue weighted by molar-refractivity contribution is 9.10. The van der Waals surface area contributed by atoms with Gasteiger partial charge in [0, 0.05) is 45.4 Å². The van der Waals surface area contributed by atoms with Crippen LogP contribution < -0.4 is 10.6 Å². The molecule has 5 aromatic rings. The van der Waals surface area contributed by atoms with Gasteiger partial charge in [-0.05, 0) is 51.3 Å². The molecular weight excluding hydrogens is 597 g/mol. The number of carbonyl (C=O) groups excluding carboxylic acids is 1. The fraction of sp³-hybridized carbons (Fsp3) is 0.0741. The molecule has 0 radical (unpaired) electrons. The van der Waals surface area contributed by atoms with E-state index >= 15 is 0 Å². The van der Waals surface area contributed by atoms with E-state index in [0.717, 1.165) is 32.7 Å². The molecular formula is C27H19BrCl3N5O. The average Bonchev–Trinajstić information content (AvgIpc) is 3.26. The van der Waals surface area contributed by atoms with Crippen LogP contribution in [0.1, 0.15) is 21.5 Å². The maximum atomic E-state index is 12.4. The van der Waals surface area contributed by atoms with Crippen LogP contribution in [0, 0.1) is 0 Å². The molecule has 0 spiro atoms. The minimum absolute atomic E-state index is 0.239. The second-order valence-corrected chi connectivity index (χ2v) is 10.4. The van der Waals surface area contributed by atoms with Gasteiger partial charge in [0.25, 0.3) is 5.91 Å². The van der Waals surface area contributed by atoms with Gasteiger partial charge in [0.05, 0.1) is 16.4 Å². The third-order valence-corrected chi connectivity index (χ3v) is 6.98. The van der Waals surface area contributed by atoms with Gasteiger partial charge in [-0.1, -0.05) is 77.3 Å². The molecule has 0 bridgehead atoms. The molecule has 0 aliphatic rings. The van der Waals surface area contributed by atoms with E-state index in [-0.39, 0.29) is 5.91 Å². The maximum absolute atomic E-state index is 12.4. The minimum atomic E-state index is -0.239. The van der Waals surface area contributed by atoms with Crippen LogP contribution in [0.15, 0.2) is 83.5 Å². The number of nitrogens with zero attached hydrogens (tertiary/aromatic N) is 3. The summed E-state index contributed by atoms with van der Waals surface area (Å²) in [4.78, 5) is 17.2. The molecule has 1 amide bonds. The lowest BCUT2D eigenvalue weighted by Crippen LogP contribution is -2.22. The molecule has 5 rings (SSSR count). The van der Waals surface area contributed by atoms with Crippen molar-refractivity contribution >= 4 is 68.1 Å². The van der Waals surface area contributed by atoms with Crippen LogP contribution in [0.2, 0.25) is 15.1 Å². The quantitative estimate of drug-likeness (QED) is 0.197. The molecule has 10 heteroatoms. The molecule has 6 nitrogen and oxygen atoms in total. The summed E-state index contributed by atoms with van der Waals surface area (Å²) < 4.78 is 2.53. The van der Waals surface area contributed by atoms with Crippen molar-refractivity contribution in [1.29, 1.82) is 0 Å². The Balaban J connectivity index is 1.28. The fourth-order valence-electron chi connectivity index (χ4n) is 3.81. The first-order valence-corrected chi connectivity index (χ1v) is 13.2. The Labute approximate surface area is 236 Å². The smallest absolute Gasteiger partial charge is 0.251 e. The van der Waals surface area contributed by atoms with Gasteiger partial charge in [-0.15, -0.1) is 0 Å². The first-order chi connectivity index (χ1) is 17.9. The Morgan fingerprint density at radius 2 is 1.57 bits per heavy atom. The minimum Gasteiger partial charge on any atom is -0.366 e. The van der Waals surface area contributed by atoms with Gasteiger partial charge < -0.3 is 10.6 Å². The first kappa shape index (κ1) is 25.5. The van der Waals surface area contributed by atoms with Crippen LogP contribution in [0.5, 0.6) is 0 Å². The molecule has 3 aromatic carbocycles. The summed E-state index contributed by atoms with van der Waals surface area (Å²) in [5, 5.41) is 12.2. The van der Waals surface area contributed by atoms with E-state index in [1.54, 1.807) is 28.9 Å². The summed E-state index contributed by atoms with van der Waals surface area (Å²) in [6, 6.07) is 22.3. The molecule has 0 aliphatic carbocycles. The summed E-state index contributed by atoms with van der Waals surface area (Å²) in [5.41, 5.74) is 4.72. The number of anilines is 1. The van der Waals surface area contributed by atoms with Crippen molar-refractivity contribution < 1.29 is 4.79 Å². The highest BCUT2D eigenvalue weighted by Gasteiger charge is 2.13. The van der Waals surface area contributed by atoms with E-state index in [0.29, 0.717) is 39.4 Å². The maximum Gasteiger partial charge on any atom is 0.251 e. The second-order valence-electron chi connectivity index (χ2n) is 8.25. The zero-order valence-corrected chi connectivity index (χ0v) is 23.0. The summed E-state index contributed by atoms with van der Waals surface area (Å²) in [7, 11) is 0. The van der Waals surface area contributed by atoms with E-state index in [1.807, 2.05) is 54.6 Å². The molecule has 0 saturated heterocycles. The van der Waals surface area contributed by atoms with E-state index < -0.39 is 0 Å². The largest absolute Gasteiger partial charge is 0.366 e. The number of fused-ring (bicyclic) bond motifs is 1. The molecule has 2 aromatic heterocycles. The number of hydrogen-bond acceptors (Lipinski definition) is 4. The summed E-state index contributed by atoms with van der Waals surface area (Å²) in [6.45, 7) is 0.941. The number of rotatable bonds is 7. The van der Waals surface area contributed by atoms with E-state index in [2.05, 4.69) is 31.7 Å². The lowest BCUT2D eigenvalue weighted by atomic mass is 10.1. The fourth-order valence-corrected chi connectivity index (χ4v) is 4.91. The van der Waals surface area contributed by atoms with Gasteiger partial charge >= 0.3 is 0 Å². The lowest BCUT2D eigenvalue weighted by Gasteiger charge is -2.12. The predicted octanol–water partition coefficient (Wildman–Crippen LogP) is 7.66. The van der Waals surface area contributed by atoms with Crippen LogP contribution in [0.4, 0.5) is 5.82 Å². The highest BCUT2D eigenvalue weighted by Crippen LogP contribution is 2.30. The number of amides is 1. The number of halogens is 4. The molecule has 0 unspecified atom stereocenters. The molecule has 0 saturated carbocycles. The molecule has 2 N–H and O–H groups in total. The van der Waals surface area contributed by atoms with E-state index in [4.69, 9.17) is 39.8 Å². The molecule has 0 atom stereocenters. The molecule has 0 aliphatic heterocycles. The van der Waals surface area contributed by atoms with Crippen molar-refractivity contribution in [3.63, 3.8) is 0 Å². The Morgan fingerprint density at radius 3 is 2.27 bits per heavy atom. The van der Waals surface area contributed by atoms with Gasteiger partial charge in [0.2, 0.25) is 0 Å². The van der Waals surface area contributed by atoms with Crippen molar-refractivity contribution in [3.05, 3.63) is 115 Å². The van der Waals surface area contributed by atoms with Crippen molar-refractivity contribution in [3.8, 4) is 11.3 Å². The van der Waals surface area contributed by atoms with Crippen molar-refractivity contribution in [2.24, 2.45) is 0 Å². The second kappa shape index (κ2) is 11.1. The van der Waals surface area contributed by atoms with Crippen LogP contribution in [0.25, 0.3) is 16.9 Å². The van der Waals surface area contributed by atoms with Crippen LogP contribution in [0.3, 0.4) is 0 Å². The normalized spacial score (nSPS) is 11.0. The Hall–Kier alpha value is -3.10. The summed E-state index contributed by atoms with van der Waals surface area (Å²) >= 11 is 21.9. The van der Waals surface area contributed by atoms with Crippen molar-refractivity contribution in [2.75, 3.05) is 5.32 Å². The van der Waals surface area contributed by atoms with Crippen LogP contribution in [-0.4, -0.2) is 20.5 Å². The third-order valence-electron chi connectivity index (χ3n) is 5.65. The van der Waals surface area contributed by atoms with Gasteiger partial charge in [-0.3, -0.25) is 4.79 Å². The monoisotopic (exact) mass is 613 g/mol. The van der Waals surface area contributed by atoms with Crippen molar-refractivity contribution in [1.82, 2.24) is 19.9 Å². The number of nitrogens with one attached hydrogen (secondary N) is 2. The SMILES string of the molecule is O=C(NCc1ccc(CNc2cc(-c3ccccc3Cl)nc3c(Br)cnn23)cc1)c1cc(Cl)cc(Cl)c1. The molecule has 37 heavy (non-hydrogen) atoms. The number of hydrogen-bond donors (Lipinski definition) is 2. The highest BCUT2D eigenvalue weighted by atomic mass is 79.9. The van der Waals surface area contributed by atoms with E-state index in [9.17, 15) is 4.79 Å². The number of benzene rings is 3. The summed E-state index contributed by atoms with van der Waals surface area (Å²) in [5.74, 6) is 0.540. The summed E-state index contributed by atoms with van der Waals surface area (Å²) in [6.07, 6.45) is 1.71. The van der Waals surface area contributed by atoms with Crippen molar-refractivity contribution in [2.45, 2.75) is 13.1 Å². The first-order valence-electron chi connectivity index (χ1n) is 11.2. The molecule has 0 fully saturated rings. The lowest BCUT2D eigenvalue weighted by molar-refractivity contribution is 0.0951. The molecule has 186 valence electrons. The predicted molar refractivity (Wildman–Crippen MR) is 153 cm³/mol. The third kappa shape index (κ3) is 5.91. The topological polar surface area (TPSA) is 71.3 Å². The molecule has 2 heterocycles. The Kier molecular flexibility index (Phi) is 7.67. The van der Waals surface area contributed by atoms with Crippen LogP contribution in [-0.2, 0) is 13.1 Å². The van der Waals surface area contributed by atoms with Gasteiger partial charge in [0.15, 0.2) is 5.65 Å².